The second-order valence-corrected chi connectivity index (χ2v) is 5.06. The second-order valence-electron chi connectivity index (χ2n) is 3.36. The number of hydrogen-bond acceptors (Lipinski definition) is 3. The maximum Gasteiger partial charge on any atom is 0.307 e. The van der Waals surface area contributed by atoms with Gasteiger partial charge in [0, 0.05) is 4.47 Å². The highest BCUT2D eigenvalue weighted by molar-refractivity contribution is 9.10. The molecular weight excluding hydrogens is 364 g/mol. The highest BCUT2D eigenvalue weighted by Gasteiger charge is 2.08. The molecule has 4 nitrogen and oxygen atoms in total. The molecule has 1 amide bonds. The molecule has 0 unspecified atom stereocenters. The van der Waals surface area contributed by atoms with Crippen LogP contribution in [0.2, 0.25) is 0 Å². The van der Waals surface area contributed by atoms with Gasteiger partial charge >= 0.3 is 5.91 Å². The molecule has 0 aliphatic rings. The van der Waals surface area contributed by atoms with E-state index in [1.807, 2.05) is 24.3 Å². The van der Waals surface area contributed by atoms with Gasteiger partial charge in [0.2, 0.25) is 0 Å². The van der Waals surface area contributed by atoms with E-state index in [4.69, 9.17) is 4.42 Å². The molecule has 18 heavy (non-hydrogen) atoms. The van der Waals surface area contributed by atoms with E-state index in [-0.39, 0.29) is 5.76 Å². The van der Waals surface area contributed by atoms with Crippen molar-refractivity contribution >= 4 is 44.0 Å². The average molecular weight is 372 g/mol. The van der Waals surface area contributed by atoms with Crippen molar-refractivity contribution in [2.45, 2.75) is 0 Å². The summed E-state index contributed by atoms with van der Waals surface area (Å²) >= 11 is 6.48. The molecule has 92 valence electrons. The SMILES string of the molecule is O=C(N/N=C/c1cccc(Br)c1)c1ccc(Br)o1. The van der Waals surface area contributed by atoms with E-state index in [1.165, 1.54) is 0 Å². The van der Waals surface area contributed by atoms with Crippen molar-refractivity contribution < 1.29 is 9.21 Å². The highest BCUT2D eigenvalue weighted by Crippen LogP contribution is 2.13. The molecule has 0 radical (unpaired) electrons. The Balaban J connectivity index is 1.97. The summed E-state index contributed by atoms with van der Waals surface area (Å²) in [5.41, 5.74) is 3.26. The number of halogens is 2. The molecule has 2 rings (SSSR count). The summed E-state index contributed by atoms with van der Waals surface area (Å²) < 4.78 is 6.55. The number of furan rings is 1. The van der Waals surface area contributed by atoms with Crippen LogP contribution in [0.1, 0.15) is 16.1 Å². The number of nitrogens with zero attached hydrogens (tertiary/aromatic N) is 1. The first kappa shape index (κ1) is 13.0. The van der Waals surface area contributed by atoms with Gasteiger partial charge in [0.15, 0.2) is 10.4 Å². The van der Waals surface area contributed by atoms with E-state index in [0.717, 1.165) is 10.0 Å². The van der Waals surface area contributed by atoms with E-state index < -0.39 is 5.91 Å². The standard InChI is InChI=1S/C12H8Br2N2O2/c13-9-3-1-2-8(6-9)7-15-16-12(17)10-4-5-11(14)18-10/h1-7H,(H,16,17)/b15-7+. The summed E-state index contributed by atoms with van der Waals surface area (Å²) in [5.74, 6) is -0.194. The van der Waals surface area contributed by atoms with Gasteiger partial charge in [0.1, 0.15) is 0 Å². The zero-order chi connectivity index (χ0) is 13.0. The monoisotopic (exact) mass is 370 g/mol. The third-order valence-corrected chi connectivity index (χ3v) is 2.94. The molecule has 1 N–H and O–H groups in total. The topological polar surface area (TPSA) is 54.6 Å². The summed E-state index contributed by atoms with van der Waals surface area (Å²) in [5, 5.41) is 3.85. The molecule has 1 aromatic heterocycles. The van der Waals surface area contributed by atoms with Crippen LogP contribution in [0.15, 0.2) is 55.1 Å². The maximum atomic E-state index is 11.6. The van der Waals surface area contributed by atoms with Crippen LogP contribution in [0.25, 0.3) is 0 Å². The first-order valence-electron chi connectivity index (χ1n) is 4.99. The minimum absolute atomic E-state index is 0.202. The van der Waals surface area contributed by atoms with Crippen LogP contribution >= 0.6 is 31.9 Å². The molecular formula is C12H8Br2N2O2. The summed E-state index contributed by atoms with van der Waals surface area (Å²) in [4.78, 5) is 11.6. The summed E-state index contributed by atoms with van der Waals surface area (Å²) in [7, 11) is 0. The number of amides is 1. The van der Waals surface area contributed by atoms with Gasteiger partial charge in [-0.1, -0.05) is 28.1 Å². The third kappa shape index (κ3) is 3.54. The normalized spacial score (nSPS) is 10.8. The molecule has 0 saturated carbocycles. The Morgan fingerprint density at radius 2 is 2.11 bits per heavy atom. The average Bonchev–Trinajstić information content (AvgIpc) is 2.76. The van der Waals surface area contributed by atoms with Gasteiger partial charge in [0.25, 0.3) is 0 Å². The molecule has 0 bridgehead atoms. The van der Waals surface area contributed by atoms with Gasteiger partial charge in [0.05, 0.1) is 6.21 Å². The van der Waals surface area contributed by atoms with Crippen LogP contribution in [0.3, 0.4) is 0 Å². The van der Waals surface area contributed by atoms with E-state index in [9.17, 15) is 4.79 Å². The Kier molecular flexibility index (Phi) is 4.33. The van der Waals surface area contributed by atoms with Crippen molar-refractivity contribution in [2.75, 3.05) is 0 Å². The largest absolute Gasteiger partial charge is 0.444 e. The number of hydrazone groups is 1. The number of hydrogen-bond donors (Lipinski definition) is 1. The van der Waals surface area contributed by atoms with Crippen molar-refractivity contribution in [2.24, 2.45) is 5.10 Å². The third-order valence-electron chi connectivity index (χ3n) is 2.03. The van der Waals surface area contributed by atoms with E-state index in [1.54, 1.807) is 18.3 Å². The lowest BCUT2D eigenvalue weighted by Gasteiger charge is -1.96. The molecule has 0 atom stereocenters. The first-order valence-corrected chi connectivity index (χ1v) is 6.58. The van der Waals surface area contributed by atoms with Crippen LogP contribution in [0.5, 0.6) is 0 Å². The van der Waals surface area contributed by atoms with Gasteiger partial charge in [-0.3, -0.25) is 4.79 Å². The summed E-state index contributed by atoms with van der Waals surface area (Å²) in [6, 6.07) is 10.8. The van der Waals surface area contributed by atoms with Crippen molar-refractivity contribution in [3.8, 4) is 0 Å². The predicted molar refractivity (Wildman–Crippen MR) is 75.6 cm³/mol. The van der Waals surface area contributed by atoms with Gasteiger partial charge < -0.3 is 4.42 Å². The van der Waals surface area contributed by atoms with Crippen LogP contribution in [-0.2, 0) is 0 Å². The lowest BCUT2D eigenvalue weighted by Crippen LogP contribution is -2.16. The Morgan fingerprint density at radius 3 is 2.78 bits per heavy atom. The lowest BCUT2D eigenvalue weighted by molar-refractivity contribution is 0.0926. The van der Waals surface area contributed by atoms with Crippen molar-refractivity contribution in [1.82, 2.24) is 5.43 Å². The number of carbonyl (C=O) groups is 1. The molecule has 2 aromatic rings. The van der Waals surface area contributed by atoms with Crippen LogP contribution in [0, 0.1) is 0 Å². The lowest BCUT2D eigenvalue weighted by atomic mass is 10.2. The van der Waals surface area contributed by atoms with E-state index >= 15 is 0 Å². The van der Waals surface area contributed by atoms with Gasteiger partial charge in [-0.15, -0.1) is 0 Å². The van der Waals surface area contributed by atoms with E-state index in [0.29, 0.717) is 4.67 Å². The summed E-state index contributed by atoms with van der Waals surface area (Å²) in [6.07, 6.45) is 1.56. The van der Waals surface area contributed by atoms with Crippen molar-refractivity contribution in [1.29, 1.82) is 0 Å². The number of carbonyl (C=O) groups excluding carboxylic acids is 1. The zero-order valence-electron chi connectivity index (χ0n) is 9.06. The first-order chi connectivity index (χ1) is 8.65. The molecule has 0 saturated heterocycles. The van der Waals surface area contributed by atoms with Crippen LogP contribution < -0.4 is 5.43 Å². The quantitative estimate of drug-likeness (QED) is 0.662. The van der Waals surface area contributed by atoms with Gasteiger partial charge in [-0.05, 0) is 45.8 Å². The Labute approximate surface area is 120 Å². The Bertz CT molecular complexity index is 593. The second kappa shape index (κ2) is 5.97. The van der Waals surface area contributed by atoms with Crippen molar-refractivity contribution in [3.63, 3.8) is 0 Å². The zero-order valence-corrected chi connectivity index (χ0v) is 12.2. The molecule has 0 spiro atoms. The molecule has 6 heteroatoms. The fraction of sp³-hybridized carbons (Fsp3) is 0. The van der Waals surface area contributed by atoms with Crippen LogP contribution in [0.4, 0.5) is 0 Å². The Morgan fingerprint density at radius 1 is 1.28 bits per heavy atom. The highest BCUT2D eigenvalue weighted by atomic mass is 79.9. The van der Waals surface area contributed by atoms with Gasteiger partial charge in [-0.25, -0.2) is 5.43 Å². The van der Waals surface area contributed by atoms with Crippen LogP contribution in [-0.4, -0.2) is 12.1 Å². The number of nitrogens with one attached hydrogen (secondary N) is 1. The van der Waals surface area contributed by atoms with Gasteiger partial charge in [-0.2, -0.15) is 5.10 Å². The minimum Gasteiger partial charge on any atom is -0.444 e. The summed E-state index contributed by atoms with van der Waals surface area (Å²) in [6.45, 7) is 0. The van der Waals surface area contributed by atoms with E-state index in [2.05, 4.69) is 42.4 Å². The number of benzene rings is 1. The molecule has 0 aliphatic heterocycles. The fourth-order valence-corrected chi connectivity index (χ4v) is 1.97. The maximum absolute atomic E-state index is 11.6. The molecule has 0 fully saturated rings. The fourth-order valence-electron chi connectivity index (χ4n) is 1.24. The predicted octanol–water partition coefficient (Wildman–Crippen LogP) is 3.57. The smallest absolute Gasteiger partial charge is 0.307 e. The molecule has 0 aliphatic carbocycles. The molecule has 1 heterocycles. The Hall–Kier alpha value is -1.40. The van der Waals surface area contributed by atoms with Crippen molar-refractivity contribution in [3.05, 3.63) is 56.9 Å². The minimum atomic E-state index is -0.396. The number of rotatable bonds is 3. The molecule has 1 aromatic carbocycles.